The minimum Gasteiger partial charge on any atom is -0.348 e. The maximum atomic E-state index is 14.3. The SMILES string of the molecule is CN(C1=NC(=O)/C(=C\c2ccc3c(cnn3Cc3ccc(Cl)cc3C(F)(F)F)c2)S1)[C@H]1CCNC[C@H]1F. The van der Waals surface area contributed by atoms with Gasteiger partial charge in [-0.25, -0.2) is 4.39 Å². The Kier molecular flexibility index (Phi) is 7.03. The fraction of sp³-hybridized carbons (Fsp3) is 0.320. The number of rotatable bonds is 4. The Morgan fingerprint density at radius 1 is 1.27 bits per heavy atom. The summed E-state index contributed by atoms with van der Waals surface area (Å²) in [6.07, 6.45) is -1.71. The summed E-state index contributed by atoms with van der Waals surface area (Å²) in [5.74, 6) is -0.394. The molecule has 0 bridgehead atoms. The number of nitrogens with one attached hydrogen (secondary N) is 1. The standard InChI is InChI=1S/C25H22ClF4N5OS/c1-34(21-6-7-31-12-19(21)27)24-33-23(36)22(37-24)9-14-2-5-20-16(8-14)11-32-35(20)13-15-3-4-17(26)10-18(15)25(28,29)30/h2-5,8-11,19,21,31H,6-7,12-13H2,1H3/b22-9+/t19-,21+/m1/s1. The van der Waals surface area contributed by atoms with Crippen molar-refractivity contribution in [1.29, 1.82) is 0 Å². The van der Waals surface area contributed by atoms with Crippen molar-refractivity contribution in [3.05, 3.63) is 69.2 Å². The van der Waals surface area contributed by atoms with E-state index in [1.807, 2.05) is 0 Å². The van der Waals surface area contributed by atoms with Crippen LogP contribution in [0.25, 0.3) is 17.0 Å². The molecule has 1 aromatic heterocycles. The molecule has 3 aromatic rings. The Labute approximate surface area is 219 Å². The van der Waals surface area contributed by atoms with Crippen LogP contribution in [0, 0.1) is 0 Å². The normalized spacial score (nSPS) is 21.6. The van der Waals surface area contributed by atoms with Gasteiger partial charge < -0.3 is 10.2 Å². The topological polar surface area (TPSA) is 62.5 Å². The van der Waals surface area contributed by atoms with Crippen LogP contribution in [0.1, 0.15) is 23.1 Å². The number of benzene rings is 2. The molecule has 0 unspecified atom stereocenters. The highest BCUT2D eigenvalue weighted by molar-refractivity contribution is 8.18. The minimum absolute atomic E-state index is 0.0111. The predicted molar refractivity (Wildman–Crippen MR) is 137 cm³/mol. The predicted octanol–water partition coefficient (Wildman–Crippen LogP) is 5.36. The zero-order valence-corrected chi connectivity index (χ0v) is 21.2. The molecule has 1 fully saturated rings. The summed E-state index contributed by atoms with van der Waals surface area (Å²) < 4.78 is 56.3. The first-order valence-corrected chi connectivity index (χ1v) is 12.7. The van der Waals surface area contributed by atoms with Crippen LogP contribution >= 0.6 is 23.4 Å². The number of aromatic nitrogens is 2. The Balaban J connectivity index is 1.35. The first-order valence-electron chi connectivity index (χ1n) is 11.5. The minimum atomic E-state index is -4.54. The van der Waals surface area contributed by atoms with E-state index in [0.717, 1.165) is 11.6 Å². The summed E-state index contributed by atoms with van der Waals surface area (Å²) in [4.78, 5) is 18.8. The lowest BCUT2D eigenvalue weighted by atomic mass is 10.0. The molecule has 2 aliphatic heterocycles. The van der Waals surface area contributed by atoms with Crippen molar-refractivity contribution < 1.29 is 22.4 Å². The summed E-state index contributed by atoms with van der Waals surface area (Å²) in [6.45, 7) is 0.889. The average Bonchev–Trinajstić information content (AvgIpc) is 3.42. The largest absolute Gasteiger partial charge is 0.416 e. The maximum Gasteiger partial charge on any atom is 0.416 e. The van der Waals surface area contributed by atoms with Crippen molar-refractivity contribution in [3.8, 4) is 0 Å². The molecular weight excluding hydrogens is 530 g/mol. The quantitative estimate of drug-likeness (QED) is 0.349. The number of piperidine rings is 1. The summed E-state index contributed by atoms with van der Waals surface area (Å²) in [7, 11) is 1.75. The van der Waals surface area contributed by atoms with Crippen molar-refractivity contribution in [2.24, 2.45) is 4.99 Å². The zero-order chi connectivity index (χ0) is 26.3. The van der Waals surface area contributed by atoms with Gasteiger partial charge in [0.2, 0.25) is 0 Å². The molecule has 5 rings (SSSR count). The van der Waals surface area contributed by atoms with Gasteiger partial charge in [0.1, 0.15) is 6.17 Å². The number of amides is 1. The smallest absolute Gasteiger partial charge is 0.348 e. The van der Waals surface area contributed by atoms with E-state index in [4.69, 9.17) is 11.6 Å². The lowest BCUT2D eigenvalue weighted by Gasteiger charge is -2.34. The highest BCUT2D eigenvalue weighted by Gasteiger charge is 2.35. The van der Waals surface area contributed by atoms with Crippen LogP contribution in [0.15, 0.2) is 52.5 Å². The molecule has 6 nitrogen and oxygen atoms in total. The molecular formula is C25H22ClF4N5OS. The molecule has 1 saturated heterocycles. The van der Waals surface area contributed by atoms with Gasteiger partial charge in [-0.3, -0.25) is 9.48 Å². The molecule has 0 radical (unpaired) electrons. The number of nitrogens with zero attached hydrogens (tertiary/aromatic N) is 4. The van der Waals surface area contributed by atoms with Crippen LogP contribution in [0.5, 0.6) is 0 Å². The van der Waals surface area contributed by atoms with Gasteiger partial charge >= 0.3 is 6.18 Å². The number of halogens is 5. The van der Waals surface area contributed by atoms with Gasteiger partial charge in [-0.1, -0.05) is 23.7 Å². The third-order valence-electron chi connectivity index (χ3n) is 6.44. The fourth-order valence-corrected chi connectivity index (χ4v) is 5.62. The summed E-state index contributed by atoms with van der Waals surface area (Å²) in [6, 6.07) is 8.65. The first kappa shape index (κ1) is 25.7. The summed E-state index contributed by atoms with van der Waals surface area (Å²) in [5.41, 5.74) is 0.618. The van der Waals surface area contributed by atoms with E-state index in [1.165, 1.54) is 28.6 Å². The number of thioether (sulfide) groups is 1. The van der Waals surface area contributed by atoms with Gasteiger partial charge in [0.15, 0.2) is 5.17 Å². The van der Waals surface area contributed by atoms with Crippen LogP contribution in [0.2, 0.25) is 5.02 Å². The average molecular weight is 552 g/mol. The van der Waals surface area contributed by atoms with Crippen molar-refractivity contribution in [2.75, 3.05) is 20.1 Å². The van der Waals surface area contributed by atoms with E-state index in [1.54, 1.807) is 42.4 Å². The van der Waals surface area contributed by atoms with E-state index < -0.39 is 23.8 Å². The van der Waals surface area contributed by atoms with Gasteiger partial charge in [0, 0.05) is 24.0 Å². The third-order valence-corrected chi connectivity index (χ3v) is 7.75. The highest BCUT2D eigenvalue weighted by Crippen LogP contribution is 2.35. The van der Waals surface area contributed by atoms with E-state index >= 15 is 0 Å². The highest BCUT2D eigenvalue weighted by atomic mass is 35.5. The molecule has 3 heterocycles. The van der Waals surface area contributed by atoms with Gasteiger partial charge in [0.25, 0.3) is 5.91 Å². The second kappa shape index (κ2) is 10.1. The summed E-state index contributed by atoms with van der Waals surface area (Å²) >= 11 is 6.98. The molecule has 37 heavy (non-hydrogen) atoms. The summed E-state index contributed by atoms with van der Waals surface area (Å²) in [5, 5.41) is 8.47. The molecule has 2 aliphatic rings. The number of carbonyl (C=O) groups excluding carboxylic acids is 1. The molecule has 0 aliphatic carbocycles. The van der Waals surface area contributed by atoms with Gasteiger partial charge in [-0.05, 0) is 66.2 Å². The lowest BCUT2D eigenvalue weighted by molar-refractivity contribution is -0.138. The molecule has 1 N–H and O–H groups in total. The number of hydrogen-bond donors (Lipinski definition) is 1. The van der Waals surface area contributed by atoms with Crippen LogP contribution in [0.3, 0.4) is 0 Å². The van der Waals surface area contributed by atoms with Crippen molar-refractivity contribution in [1.82, 2.24) is 20.0 Å². The fourth-order valence-electron chi connectivity index (χ4n) is 4.52. The van der Waals surface area contributed by atoms with E-state index in [2.05, 4.69) is 15.4 Å². The molecule has 194 valence electrons. The van der Waals surface area contributed by atoms with Crippen molar-refractivity contribution >= 4 is 51.4 Å². The maximum absolute atomic E-state index is 14.3. The number of hydrogen-bond acceptors (Lipinski definition) is 5. The van der Waals surface area contributed by atoms with Gasteiger partial charge in [0.05, 0.1) is 34.8 Å². The van der Waals surface area contributed by atoms with Gasteiger partial charge in [-0.15, -0.1) is 0 Å². The number of carbonyl (C=O) groups is 1. The molecule has 2 atom stereocenters. The van der Waals surface area contributed by atoms with E-state index in [-0.39, 0.29) is 29.7 Å². The van der Waals surface area contributed by atoms with Crippen LogP contribution in [-0.4, -0.2) is 58.1 Å². The Hall–Kier alpha value is -2.89. The molecule has 1 amide bonds. The lowest BCUT2D eigenvalue weighted by Crippen LogP contribution is -2.50. The number of fused-ring (bicyclic) bond motifs is 1. The van der Waals surface area contributed by atoms with Crippen molar-refractivity contribution in [3.63, 3.8) is 0 Å². The van der Waals surface area contributed by atoms with Gasteiger partial charge in [-0.2, -0.15) is 23.3 Å². The molecule has 0 saturated carbocycles. The van der Waals surface area contributed by atoms with E-state index in [9.17, 15) is 22.4 Å². The third kappa shape index (κ3) is 5.39. The van der Waals surface area contributed by atoms with Crippen LogP contribution in [-0.2, 0) is 17.5 Å². The number of amidine groups is 1. The second-order valence-electron chi connectivity index (χ2n) is 8.92. The van der Waals surface area contributed by atoms with Crippen LogP contribution in [0.4, 0.5) is 17.6 Å². The second-order valence-corrected chi connectivity index (χ2v) is 10.4. The molecule has 2 aromatic carbocycles. The first-order chi connectivity index (χ1) is 17.6. The van der Waals surface area contributed by atoms with E-state index in [0.29, 0.717) is 33.9 Å². The molecule has 0 spiro atoms. The number of aliphatic imine (C=N–C) groups is 1. The Morgan fingerprint density at radius 3 is 2.84 bits per heavy atom. The Bertz CT molecular complexity index is 1420. The van der Waals surface area contributed by atoms with Crippen molar-refractivity contribution in [2.45, 2.75) is 31.4 Å². The van der Waals surface area contributed by atoms with Crippen LogP contribution < -0.4 is 5.32 Å². The monoisotopic (exact) mass is 551 g/mol. The Morgan fingerprint density at radius 2 is 2.08 bits per heavy atom. The zero-order valence-electron chi connectivity index (χ0n) is 19.6. The number of alkyl halides is 4. The molecule has 12 heteroatoms.